The molecule has 2 rings (SSSR count). The summed E-state index contributed by atoms with van der Waals surface area (Å²) >= 11 is 1.20. The molecule has 1 aromatic heterocycles. The predicted molar refractivity (Wildman–Crippen MR) is 79.9 cm³/mol. The van der Waals surface area contributed by atoms with Gasteiger partial charge in [-0.25, -0.2) is 14.2 Å². The lowest BCUT2D eigenvalue weighted by Crippen LogP contribution is -2.34. The van der Waals surface area contributed by atoms with Crippen LogP contribution in [0.1, 0.15) is 11.6 Å². The Bertz CT molecular complexity index is 650. The zero-order valence-electron chi connectivity index (χ0n) is 11.4. The Labute approximate surface area is 130 Å². The molecule has 0 aliphatic heterocycles. The second-order valence-corrected chi connectivity index (χ2v) is 5.34. The molecule has 0 saturated carbocycles. The van der Waals surface area contributed by atoms with Crippen LogP contribution in [0.3, 0.4) is 0 Å². The van der Waals surface area contributed by atoms with Crippen LogP contribution in [-0.4, -0.2) is 27.7 Å². The largest absolute Gasteiger partial charge is 0.479 e. The summed E-state index contributed by atoms with van der Waals surface area (Å²) < 4.78 is 12.9. The van der Waals surface area contributed by atoms with Crippen LogP contribution in [0.25, 0.3) is 0 Å². The maximum Gasteiger partial charge on any atom is 0.330 e. The summed E-state index contributed by atoms with van der Waals surface area (Å²) in [7, 11) is 0. The Morgan fingerprint density at radius 1 is 1.23 bits per heavy atom. The minimum atomic E-state index is -1.21. The third-order valence-electron chi connectivity index (χ3n) is 2.74. The molecule has 0 aliphatic carbocycles. The second kappa shape index (κ2) is 7.56. The fourth-order valence-corrected chi connectivity index (χ4v) is 2.39. The SMILES string of the molecule is O=C(CSc1ccccn1)NC(C(=O)O)c1ccc(F)cc1. The zero-order chi connectivity index (χ0) is 15.9. The van der Waals surface area contributed by atoms with Crippen molar-refractivity contribution in [3.63, 3.8) is 0 Å². The van der Waals surface area contributed by atoms with Crippen molar-refractivity contribution in [3.8, 4) is 0 Å². The summed E-state index contributed by atoms with van der Waals surface area (Å²) in [6.07, 6.45) is 1.61. The molecule has 0 spiro atoms. The van der Waals surface area contributed by atoms with Gasteiger partial charge in [0.25, 0.3) is 0 Å². The van der Waals surface area contributed by atoms with Crippen LogP contribution in [0.5, 0.6) is 0 Å². The predicted octanol–water partition coefficient (Wildman–Crippen LogP) is 2.25. The molecular formula is C15H13FN2O3S. The van der Waals surface area contributed by atoms with Gasteiger partial charge in [0.15, 0.2) is 6.04 Å². The highest BCUT2D eigenvalue weighted by Gasteiger charge is 2.22. The molecule has 0 saturated heterocycles. The number of aliphatic carboxylic acids is 1. The van der Waals surface area contributed by atoms with Crippen molar-refractivity contribution in [1.82, 2.24) is 10.3 Å². The van der Waals surface area contributed by atoms with Gasteiger partial charge in [-0.05, 0) is 29.8 Å². The second-order valence-electron chi connectivity index (χ2n) is 4.35. The fourth-order valence-electron chi connectivity index (χ4n) is 1.72. The molecule has 1 unspecified atom stereocenters. The molecule has 22 heavy (non-hydrogen) atoms. The van der Waals surface area contributed by atoms with Crippen molar-refractivity contribution < 1.29 is 19.1 Å². The number of carboxylic acid groups (broad SMARTS) is 1. The lowest BCUT2D eigenvalue weighted by molar-refractivity contribution is -0.141. The van der Waals surface area contributed by atoms with E-state index in [1.165, 1.54) is 23.9 Å². The third-order valence-corrected chi connectivity index (χ3v) is 3.69. The summed E-state index contributed by atoms with van der Waals surface area (Å²) in [6, 6.07) is 9.08. The van der Waals surface area contributed by atoms with E-state index in [-0.39, 0.29) is 5.75 Å². The maximum absolute atomic E-state index is 12.9. The topological polar surface area (TPSA) is 79.3 Å². The van der Waals surface area contributed by atoms with E-state index in [1.54, 1.807) is 24.4 Å². The Balaban J connectivity index is 1.97. The van der Waals surface area contributed by atoms with Crippen LogP contribution in [-0.2, 0) is 9.59 Å². The van der Waals surface area contributed by atoms with Crippen LogP contribution in [0.4, 0.5) is 4.39 Å². The van der Waals surface area contributed by atoms with Crippen molar-refractivity contribution in [3.05, 3.63) is 60.0 Å². The van der Waals surface area contributed by atoms with Gasteiger partial charge in [-0.15, -0.1) is 0 Å². The van der Waals surface area contributed by atoms with Gasteiger partial charge >= 0.3 is 5.97 Å². The molecule has 0 aliphatic rings. The number of hydrogen-bond donors (Lipinski definition) is 2. The number of rotatable bonds is 6. The van der Waals surface area contributed by atoms with Gasteiger partial charge < -0.3 is 10.4 Å². The first-order valence-electron chi connectivity index (χ1n) is 6.38. The number of thioether (sulfide) groups is 1. The normalized spacial score (nSPS) is 11.7. The van der Waals surface area contributed by atoms with Gasteiger partial charge in [-0.2, -0.15) is 0 Å². The van der Waals surface area contributed by atoms with Gasteiger partial charge in [0.2, 0.25) is 5.91 Å². The average Bonchev–Trinajstić information content (AvgIpc) is 2.52. The molecule has 0 radical (unpaired) electrons. The van der Waals surface area contributed by atoms with E-state index in [1.807, 2.05) is 0 Å². The first-order chi connectivity index (χ1) is 10.6. The monoisotopic (exact) mass is 320 g/mol. The van der Waals surface area contributed by atoms with Crippen LogP contribution in [0.15, 0.2) is 53.7 Å². The highest BCUT2D eigenvalue weighted by atomic mass is 32.2. The lowest BCUT2D eigenvalue weighted by atomic mass is 10.1. The molecule has 7 heteroatoms. The summed E-state index contributed by atoms with van der Waals surface area (Å²) in [6.45, 7) is 0. The van der Waals surface area contributed by atoms with Crippen molar-refractivity contribution in [2.45, 2.75) is 11.1 Å². The minimum absolute atomic E-state index is 0.0436. The number of amides is 1. The summed E-state index contributed by atoms with van der Waals surface area (Å²) in [4.78, 5) is 27.2. The van der Waals surface area contributed by atoms with Gasteiger partial charge in [0.05, 0.1) is 10.8 Å². The van der Waals surface area contributed by atoms with E-state index in [0.29, 0.717) is 10.6 Å². The number of carbonyl (C=O) groups is 2. The summed E-state index contributed by atoms with van der Waals surface area (Å²) in [5.41, 5.74) is 0.310. The molecule has 1 heterocycles. The number of nitrogens with one attached hydrogen (secondary N) is 1. The molecule has 2 N–H and O–H groups in total. The average molecular weight is 320 g/mol. The number of benzene rings is 1. The smallest absolute Gasteiger partial charge is 0.330 e. The first-order valence-corrected chi connectivity index (χ1v) is 7.36. The Morgan fingerprint density at radius 2 is 1.95 bits per heavy atom. The minimum Gasteiger partial charge on any atom is -0.479 e. The molecule has 1 aromatic carbocycles. The van der Waals surface area contributed by atoms with Crippen LogP contribution in [0, 0.1) is 5.82 Å². The molecule has 0 bridgehead atoms. The standard InChI is InChI=1S/C15H13FN2O3S/c16-11-6-4-10(5-7-11)14(15(20)21)18-12(19)9-22-13-3-1-2-8-17-13/h1-8,14H,9H2,(H,18,19)(H,20,21). The number of pyridine rings is 1. The van der Waals surface area contributed by atoms with E-state index >= 15 is 0 Å². The Morgan fingerprint density at radius 3 is 2.55 bits per heavy atom. The maximum atomic E-state index is 12.9. The zero-order valence-corrected chi connectivity index (χ0v) is 12.2. The third kappa shape index (κ3) is 4.56. The molecule has 114 valence electrons. The highest BCUT2D eigenvalue weighted by molar-refractivity contribution is 7.99. The number of hydrogen-bond acceptors (Lipinski definition) is 4. The molecule has 0 fully saturated rings. The van der Waals surface area contributed by atoms with Gasteiger partial charge in [0, 0.05) is 6.20 Å². The van der Waals surface area contributed by atoms with Crippen molar-refractivity contribution in [2.75, 3.05) is 5.75 Å². The molecular weight excluding hydrogens is 307 g/mol. The summed E-state index contributed by atoms with van der Waals surface area (Å²) in [5.74, 6) is -2.07. The molecule has 1 atom stereocenters. The number of carbonyl (C=O) groups excluding carboxylic acids is 1. The molecule has 2 aromatic rings. The number of aromatic nitrogens is 1. The van der Waals surface area contributed by atoms with Crippen LogP contribution < -0.4 is 5.32 Å². The van der Waals surface area contributed by atoms with Crippen LogP contribution in [0.2, 0.25) is 0 Å². The lowest BCUT2D eigenvalue weighted by Gasteiger charge is -2.14. The van der Waals surface area contributed by atoms with Gasteiger partial charge in [-0.3, -0.25) is 4.79 Å². The van der Waals surface area contributed by atoms with Crippen molar-refractivity contribution in [2.24, 2.45) is 0 Å². The first kappa shape index (κ1) is 16.0. The quantitative estimate of drug-likeness (QED) is 0.798. The summed E-state index contributed by atoms with van der Waals surface area (Å²) in [5, 5.41) is 12.3. The van der Waals surface area contributed by atoms with Gasteiger partial charge in [0.1, 0.15) is 5.82 Å². The van der Waals surface area contributed by atoms with Crippen molar-refractivity contribution >= 4 is 23.6 Å². The molecule has 1 amide bonds. The van der Waals surface area contributed by atoms with E-state index < -0.39 is 23.7 Å². The van der Waals surface area contributed by atoms with E-state index in [0.717, 1.165) is 12.1 Å². The van der Waals surface area contributed by atoms with Crippen molar-refractivity contribution in [1.29, 1.82) is 0 Å². The molecule has 5 nitrogen and oxygen atoms in total. The fraction of sp³-hybridized carbons (Fsp3) is 0.133. The Hall–Kier alpha value is -2.41. The van der Waals surface area contributed by atoms with E-state index in [9.17, 15) is 19.1 Å². The van der Waals surface area contributed by atoms with Crippen LogP contribution >= 0.6 is 11.8 Å². The Kier molecular flexibility index (Phi) is 5.48. The number of nitrogens with zero attached hydrogens (tertiary/aromatic N) is 1. The van der Waals surface area contributed by atoms with E-state index in [4.69, 9.17) is 0 Å². The van der Waals surface area contributed by atoms with Gasteiger partial charge in [-0.1, -0.05) is 30.0 Å². The number of halogens is 1. The van der Waals surface area contributed by atoms with E-state index in [2.05, 4.69) is 10.3 Å². The highest BCUT2D eigenvalue weighted by Crippen LogP contribution is 2.16. The number of carboxylic acids is 1.